The van der Waals surface area contributed by atoms with Gasteiger partial charge in [0.05, 0.1) is 5.52 Å². The molecule has 0 aliphatic rings. The molecule has 2 rings (SSSR count). The van der Waals surface area contributed by atoms with Gasteiger partial charge in [-0.15, -0.1) is 0 Å². The maximum atomic E-state index is 9.53. The average Bonchev–Trinajstić information content (AvgIpc) is 2.02. The summed E-state index contributed by atoms with van der Waals surface area (Å²) in [6.45, 7) is 1.89. The van der Waals surface area contributed by atoms with Gasteiger partial charge in [0.1, 0.15) is 11.5 Å². The summed E-state index contributed by atoms with van der Waals surface area (Å²) in [5.41, 5.74) is 1.56. The van der Waals surface area contributed by atoms with Crippen LogP contribution in [0, 0.1) is 6.92 Å². The number of aryl methyl sites for hydroxylation is 1. The fourth-order valence-corrected chi connectivity index (χ4v) is 1.42. The van der Waals surface area contributed by atoms with Crippen LogP contribution in [0.1, 0.15) is 5.56 Å². The number of fused-ring (bicyclic) bond motifs is 1. The average molecular weight is 175 g/mol. The molecule has 0 unspecified atom stereocenters. The molecule has 0 radical (unpaired) electrons. The maximum absolute atomic E-state index is 9.53. The molecule has 0 atom stereocenters. The molecule has 1 aromatic carbocycles. The van der Waals surface area contributed by atoms with Crippen molar-refractivity contribution in [3.05, 3.63) is 30.0 Å². The topological polar surface area (TPSA) is 53.4 Å². The zero-order valence-corrected chi connectivity index (χ0v) is 7.15. The van der Waals surface area contributed by atoms with Crippen LogP contribution < -0.4 is 0 Å². The van der Waals surface area contributed by atoms with Crippen LogP contribution in [-0.2, 0) is 0 Å². The Kier molecular flexibility index (Phi) is 1.59. The minimum atomic E-state index is 0.0306. The summed E-state index contributed by atoms with van der Waals surface area (Å²) in [4.78, 5) is 4.04. The SMILES string of the molecule is Cc1ccnc2cc(O)cc(O)c12. The standard InChI is InChI=1S/C10H9NO2/c1-6-2-3-11-8-4-7(12)5-9(13)10(6)8/h2-5,12-13H,1H3. The summed E-state index contributed by atoms with van der Waals surface area (Å²) in [5.74, 6) is 0.101. The Morgan fingerprint density at radius 1 is 1.23 bits per heavy atom. The van der Waals surface area contributed by atoms with E-state index in [2.05, 4.69) is 4.98 Å². The van der Waals surface area contributed by atoms with Crippen molar-refractivity contribution < 1.29 is 10.2 Å². The lowest BCUT2D eigenvalue weighted by molar-refractivity contribution is 0.455. The van der Waals surface area contributed by atoms with Gasteiger partial charge in [-0.05, 0) is 18.6 Å². The van der Waals surface area contributed by atoms with Gasteiger partial charge in [-0.1, -0.05) is 0 Å². The molecular formula is C10H9NO2. The lowest BCUT2D eigenvalue weighted by atomic mass is 10.1. The first-order chi connectivity index (χ1) is 6.18. The Morgan fingerprint density at radius 3 is 2.77 bits per heavy atom. The van der Waals surface area contributed by atoms with Gasteiger partial charge in [-0.2, -0.15) is 0 Å². The second kappa shape index (κ2) is 2.62. The molecule has 0 spiro atoms. The first-order valence-electron chi connectivity index (χ1n) is 3.96. The van der Waals surface area contributed by atoms with E-state index in [4.69, 9.17) is 0 Å². The molecular weight excluding hydrogens is 166 g/mol. The number of aromatic nitrogens is 1. The van der Waals surface area contributed by atoms with E-state index in [-0.39, 0.29) is 11.5 Å². The van der Waals surface area contributed by atoms with Gasteiger partial charge in [-0.25, -0.2) is 0 Å². The first kappa shape index (κ1) is 7.86. The summed E-state index contributed by atoms with van der Waals surface area (Å²) in [6.07, 6.45) is 1.65. The van der Waals surface area contributed by atoms with Crippen molar-refractivity contribution in [3.63, 3.8) is 0 Å². The number of phenols is 2. The fraction of sp³-hybridized carbons (Fsp3) is 0.100. The van der Waals surface area contributed by atoms with Crippen LogP contribution in [0.5, 0.6) is 11.5 Å². The van der Waals surface area contributed by atoms with Crippen molar-refractivity contribution in [2.45, 2.75) is 6.92 Å². The lowest BCUT2D eigenvalue weighted by Crippen LogP contribution is -1.82. The van der Waals surface area contributed by atoms with Crippen LogP contribution in [-0.4, -0.2) is 15.2 Å². The molecule has 1 heterocycles. The van der Waals surface area contributed by atoms with Crippen LogP contribution in [0.2, 0.25) is 0 Å². The van der Waals surface area contributed by atoms with Gasteiger partial charge in [0, 0.05) is 23.7 Å². The molecule has 13 heavy (non-hydrogen) atoms. The molecule has 0 bridgehead atoms. The fourth-order valence-electron chi connectivity index (χ4n) is 1.42. The summed E-state index contributed by atoms with van der Waals surface area (Å²) in [6, 6.07) is 4.66. The highest BCUT2D eigenvalue weighted by Crippen LogP contribution is 2.30. The first-order valence-corrected chi connectivity index (χ1v) is 3.96. The molecule has 0 saturated carbocycles. The molecule has 3 heteroatoms. The van der Waals surface area contributed by atoms with Crippen molar-refractivity contribution in [1.82, 2.24) is 4.98 Å². The Balaban J connectivity index is 2.94. The number of pyridine rings is 1. The Morgan fingerprint density at radius 2 is 2.00 bits per heavy atom. The van der Waals surface area contributed by atoms with E-state index in [9.17, 15) is 10.2 Å². The molecule has 0 amide bonds. The smallest absolute Gasteiger partial charge is 0.128 e. The second-order valence-electron chi connectivity index (χ2n) is 2.99. The number of rotatable bonds is 0. The third-order valence-electron chi connectivity index (χ3n) is 2.01. The van der Waals surface area contributed by atoms with E-state index in [1.54, 1.807) is 6.20 Å². The van der Waals surface area contributed by atoms with Crippen molar-refractivity contribution in [3.8, 4) is 11.5 Å². The third-order valence-corrected chi connectivity index (χ3v) is 2.01. The summed E-state index contributed by atoms with van der Waals surface area (Å²) in [5, 5.41) is 19.4. The Labute approximate surface area is 75.3 Å². The zero-order chi connectivity index (χ0) is 9.42. The zero-order valence-electron chi connectivity index (χ0n) is 7.15. The van der Waals surface area contributed by atoms with Gasteiger partial charge in [-0.3, -0.25) is 4.98 Å². The largest absolute Gasteiger partial charge is 0.508 e. The second-order valence-corrected chi connectivity index (χ2v) is 2.99. The van der Waals surface area contributed by atoms with E-state index in [1.807, 2.05) is 13.0 Å². The molecule has 0 aliphatic heterocycles. The normalized spacial score (nSPS) is 10.5. The van der Waals surface area contributed by atoms with Gasteiger partial charge in [0.25, 0.3) is 0 Å². The van der Waals surface area contributed by atoms with Crippen LogP contribution in [0.4, 0.5) is 0 Å². The van der Waals surface area contributed by atoms with E-state index in [1.165, 1.54) is 12.1 Å². The van der Waals surface area contributed by atoms with Crippen LogP contribution in [0.3, 0.4) is 0 Å². The molecule has 1 aromatic heterocycles. The number of hydrogen-bond donors (Lipinski definition) is 2. The van der Waals surface area contributed by atoms with Crippen LogP contribution >= 0.6 is 0 Å². The molecule has 0 saturated heterocycles. The number of aromatic hydroxyl groups is 2. The summed E-state index contributed by atoms with van der Waals surface area (Å²) >= 11 is 0. The predicted molar refractivity (Wildman–Crippen MR) is 49.8 cm³/mol. The third kappa shape index (κ3) is 1.18. The molecule has 2 N–H and O–H groups in total. The van der Waals surface area contributed by atoms with E-state index in [0.717, 1.165) is 5.56 Å². The van der Waals surface area contributed by atoms with Crippen LogP contribution in [0.15, 0.2) is 24.4 Å². The summed E-state index contributed by atoms with van der Waals surface area (Å²) < 4.78 is 0. The number of benzene rings is 1. The highest BCUT2D eigenvalue weighted by Gasteiger charge is 2.05. The minimum Gasteiger partial charge on any atom is -0.508 e. The van der Waals surface area contributed by atoms with Gasteiger partial charge >= 0.3 is 0 Å². The molecule has 0 aliphatic carbocycles. The number of hydrogen-bond acceptors (Lipinski definition) is 3. The van der Waals surface area contributed by atoms with Crippen molar-refractivity contribution >= 4 is 10.9 Å². The Bertz CT molecular complexity index is 466. The highest BCUT2D eigenvalue weighted by atomic mass is 16.3. The molecule has 2 aromatic rings. The van der Waals surface area contributed by atoms with Crippen molar-refractivity contribution in [1.29, 1.82) is 0 Å². The number of phenolic OH excluding ortho intramolecular Hbond substituents is 2. The minimum absolute atomic E-state index is 0.0306. The highest BCUT2D eigenvalue weighted by molar-refractivity contribution is 5.89. The van der Waals surface area contributed by atoms with Crippen LogP contribution in [0.25, 0.3) is 10.9 Å². The monoisotopic (exact) mass is 175 g/mol. The van der Waals surface area contributed by atoms with E-state index in [0.29, 0.717) is 10.9 Å². The predicted octanol–water partition coefficient (Wildman–Crippen LogP) is 1.95. The van der Waals surface area contributed by atoms with Crippen molar-refractivity contribution in [2.24, 2.45) is 0 Å². The Hall–Kier alpha value is -1.77. The quantitative estimate of drug-likeness (QED) is 0.643. The van der Waals surface area contributed by atoms with Gasteiger partial charge < -0.3 is 10.2 Å². The van der Waals surface area contributed by atoms with E-state index < -0.39 is 0 Å². The molecule has 3 nitrogen and oxygen atoms in total. The maximum Gasteiger partial charge on any atom is 0.128 e. The van der Waals surface area contributed by atoms with Gasteiger partial charge in [0.2, 0.25) is 0 Å². The molecule has 66 valence electrons. The van der Waals surface area contributed by atoms with Gasteiger partial charge in [0.15, 0.2) is 0 Å². The lowest BCUT2D eigenvalue weighted by Gasteiger charge is -2.03. The number of nitrogens with zero attached hydrogens (tertiary/aromatic N) is 1. The summed E-state index contributed by atoms with van der Waals surface area (Å²) in [7, 11) is 0. The molecule has 0 fully saturated rings. The van der Waals surface area contributed by atoms with Crippen molar-refractivity contribution in [2.75, 3.05) is 0 Å². The van der Waals surface area contributed by atoms with E-state index >= 15 is 0 Å².